The van der Waals surface area contributed by atoms with Gasteiger partial charge in [0, 0.05) is 37.5 Å². The highest BCUT2D eigenvalue weighted by Crippen LogP contribution is 2.27. The van der Waals surface area contributed by atoms with Crippen molar-refractivity contribution >= 4 is 5.91 Å². The lowest BCUT2D eigenvalue weighted by molar-refractivity contribution is 0.0730. The number of rotatable bonds is 5. The van der Waals surface area contributed by atoms with Crippen LogP contribution in [0.25, 0.3) is 11.3 Å². The van der Waals surface area contributed by atoms with Crippen molar-refractivity contribution in [3.8, 4) is 17.1 Å². The van der Waals surface area contributed by atoms with Gasteiger partial charge in [0.05, 0.1) is 5.56 Å². The van der Waals surface area contributed by atoms with E-state index < -0.39 is 0 Å². The summed E-state index contributed by atoms with van der Waals surface area (Å²) < 4.78 is 20.7. The highest BCUT2D eigenvalue weighted by molar-refractivity contribution is 5.98. The predicted octanol–water partition coefficient (Wildman–Crippen LogP) is 2.96. The Kier molecular flexibility index (Phi) is 4.54. The number of nitrogens with zero attached hydrogens (tertiary/aromatic N) is 5. The summed E-state index contributed by atoms with van der Waals surface area (Å²) in [6, 6.07) is 8.01. The van der Waals surface area contributed by atoms with E-state index in [0.717, 1.165) is 16.8 Å². The minimum atomic E-state index is -0.308. The van der Waals surface area contributed by atoms with E-state index in [1.54, 1.807) is 41.0 Å². The number of pyridine rings is 1. The molecule has 1 aliphatic rings. The first kappa shape index (κ1) is 18.1. The number of aromatic nitrogens is 4. The van der Waals surface area contributed by atoms with E-state index in [0.29, 0.717) is 23.7 Å². The van der Waals surface area contributed by atoms with Gasteiger partial charge in [-0.3, -0.25) is 4.79 Å². The van der Waals surface area contributed by atoms with Gasteiger partial charge in [-0.15, -0.1) is 5.10 Å². The maximum Gasteiger partial charge on any atom is 0.256 e. The molecule has 8 heteroatoms. The molecule has 0 unspecified atom stereocenters. The Bertz CT molecular complexity index is 1030. The first-order chi connectivity index (χ1) is 13.4. The zero-order chi connectivity index (χ0) is 19.8. The lowest BCUT2D eigenvalue weighted by Crippen LogP contribution is -2.30. The van der Waals surface area contributed by atoms with E-state index >= 15 is 0 Å². The number of amides is 1. The molecule has 3 heterocycles. The molecule has 0 atom stereocenters. The molecule has 0 bridgehead atoms. The molecule has 0 spiro atoms. The molecule has 0 fully saturated rings. The summed E-state index contributed by atoms with van der Waals surface area (Å²) >= 11 is 0. The predicted molar refractivity (Wildman–Crippen MR) is 100.0 cm³/mol. The fourth-order valence-electron chi connectivity index (χ4n) is 3.22. The van der Waals surface area contributed by atoms with Gasteiger partial charge >= 0.3 is 0 Å². The summed E-state index contributed by atoms with van der Waals surface area (Å²) in [5.74, 6) is 0.125. The summed E-state index contributed by atoms with van der Waals surface area (Å²) in [4.78, 5) is 18.4. The maximum atomic E-state index is 13.2. The van der Waals surface area contributed by atoms with Crippen LogP contribution >= 0.6 is 0 Å². The zero-order valence-electron chi connectivity index (χ0n) is 15.9. The Labute approximate surface area is 161 Å². The molecule has 144 valence electrons. The molecule has 1 amide bonds. The first-order valence-electron chi connectivity index (χ1n) is 9.01. The minimum Gasteiger partial charge on any atom is -0.471 e. The van der Waals surface area contributed by atoms with Crippen molar-refractivity contribution in [2.24, 2.45) is 7.05 Å². The normalized spacial score (nSPS) is 13.3. The topological polar surface area (TPSA) is 73.1 Å². The number of hydrogen-bond donors (Lipinski definition) is 0. The molecule has 1 aliphatic heterocycles. The van der Waals surface area contributed by atoms with Crippen LogP contribution in [0.4, 0.5) is 4.39 Å². The number of benzene rings is 1. The summed E-state index contributed by atoms with van der Waals surface area (Å²) in [5.41, 5.74) is 3.66. The van der Waals surface area contributed by atoms with Crippen molar-refractivity contribution in [1.29, 1.82) is 0 Å². The molecule has 3 aromatic rings. The molecule has 0 N–H and O–H groups in total. The third-order valence-corrected chi connectivity index (χ3v) is 4.84. The summed E-state index contributed by atoms with van der Waals surface area (Å²) in [5, 5.41) is 8.21. The van der Waals surface area contributed by atoms with Gasteiger partial charge in [0.25, 0.3) is 5.91 Å². The first-order valence-corrected chi connectivity index (χ1v) is 9.01. The number of fused-ring (bicyclic) bond motifs is 1. The average Bonchev–Trinajstić information content (AvgIpc) is 3.21. The highest BCUT2D eigenvalue weighted by Gasteiger charge is 2.30. The molecule has 1 aromatic carbocycles. The Morgan fingerprint density at radius 3 is 2.71 bits per heavy atom. The van der Waals surface area contributed by atoms with Gasteiger partial charge in [-0.1, -0.05) is 5.21 Å². The van der Waals surface area contributed by atoms with Crippen LogP contribution in [0.15, 0.2) is 36.5 Å². The number of carbonyl (C=O) groups excluding carboxylic acids is 1. The number of carbonyl (C=O) groups is 1. The van der Waals surface area contributed by atoms with Crippen LogP contribution in [-0.2, 0) is 20.2 Å². The van der Waals surface area contributed by atoms with E-state index in [2.05, 4.69) is 15.3 Å². The van der Waals surface area contributed by atoms with Crippen molar-refractivity contribution in [2.45, 2.75) is 33.0 Å². The van der Waals surface area contributed by atoms with Gasteiger partial charge in [0.1, 0.15) is 23.8 Å². The molecule has 0 radical (unpaired) electrons. The Hall–Kier alpha value is -3.29. The maximum absolute atomic E-state index is 13.2. The molecule has 2 aromatic heterocycles. The fourth-order valence-corrected chi connectivity index (χ4v) is 3.22. The van der Waals surface area contributed by atoms with Crippen LogP contribution < -0.4 is 4.74 Å². The van der Waals surface area contributed by atoms with Gasteiger partial charge in [0.2, 0.25) is 5.88 Å². The highest BCUT2D eigenvalue weighted by atomic mass is 19.1. The van der Waals surface area contributed by atoms with Crippen LogP contribution in [0, 0.1) is 5.82 Å². The smallest absolute Gasteiger partial charge is 0.256 e. The summed E-state index contributed by atoms with van der Waals surface area (Å²) in [6.45, 7) is 4.73. The standard InChI is InChI=1S/C20H20FN5O2/c1-12(2)26-10-14-8-18(22-9-16(14)20(26)27)28-11-17-19(23-24-25(17)3)13-4-6-15(21)7-5-13/h4-9,12H,10-11H2,1-3H3. The Morgan fingerprint density at radius 1 is 1.25 bits per heavy atom. The van der Waals surface area contributed by atoms with Crippen LogP contribution in [0.3, 0.4) is 0 Å². The van der Waals surface area contributed by atoms with Gasteiger partial charge in [-0.2, -0.15) is 0 Å². The van der Waals surface area contributed by atoms with Crippen molar-refractivity contribution < 1.29 is 13.9 Å². The molecule has 0 saturated heterocycles. The third kappa shape index (κ3) is 3.21. The summed E-state index contributed by atoms with van der Waals surface area (Å²) in [6.07, 6.45) is 1.57. The second-order valence-electron chi connectivity index (χ2n) is 7.01. The van der Waals surface area contributed by atoms with Crippen molar-refractivity contribution in [2.75, 3.05) is 0 Å². The monoisotopic (exact) mass is 381 g/mol. The number of aryl methyl sites for hydroxylation is 1. The van der Waals surface area contributed by atoms with Gasteiger partial charge < -0.3 is 9.64 Å². The molecule has 7 nitrogen and oxygen atoms in total. The lowest BCUT2D eigenvalue weighted by atomic mass is 10.1. The van der Waals surface area contributed by atoms with Crippen molar-refractivity contribution in [3.63, 3.8) is 0 Å². The Morgan fingerprint density at radius 2 is 2.00 bits per heavy atom. The number of halogens is 1. The van der Waals surface area contributed by atoms with Gasteiger partial charge in [-0.05, 0) is 43.7 Å². The largest absolute Gasteiger partial charge is 0.471 e. The minimum absolute atomic E-state index is 0.00141. The fraction of sp³-hybridized carbons (Fsp3) is 0.300. The van der Waals surface area contributed by atoms with Gasteiger partial charge in [-0.25, -0.2) is 14.1 Å². The quantitative estimate of drug-likeness (QED) is 0.679. The zero-order valence-corrected chi connectivity index (χ0v) is 15.9. The van der Waals surface area contributed by atoms with Crippen molar-refractivity contribution in [1.82, 2.24) is 24.9 Å². The van der Waals surface area contributed by atoms with E-state index in [1.165, 1.54) is 12.1 Å². The van der Waals surface area contributed by atoms with E-state index in [9.17, 15) is 9.18 Å². The lowest BCUT2D eigenvalue weighted by Gasteiger charge is -2.19. The molecular formula is C20H20FN5O2. The van der Waals surface area contributed by atoms with E-state index in [-0.39, 0.29) is 24.4 Å². The second-order valence-corrected chi connectivity index (χ2v) is 7.01. The molecule has 4 rings (SSSR count). The summed E-state index contributed by atoms with van der Waals surface area (Å²) in [7, 11) is 1.77. The van der Waals surface area contributed by atoms with Gasteiger partial charge in [0.15, 0.2) is 0 Å². The second kappa shape index (κ2) is 7.03. The van der Waals surface area contributed by atoms with E-state index in [1.807, 2.05) is 13.8 Å². The number of ether oxygens (including phenoxy) is 1. The number of hydrogen-bond acceptors (Lipinski definition) is 5. The average molecular weight is 381 g/mol. The van der Waals surface area contributed by atoms with Crippen LogP contribution in [0.1, 0.15) is 35.5 Å². The van der Waals surface area contributed by atoms with Crippen LogP contribution in [-0.4, -0.2) is 36.8 Å². The molecule has 28 heavy (non-hydrogen) atoms. The molecule has 0 aliphatic carbocycles. The molecular weight excluding hydrogens is 361 g/mol. The molecule has 0 saturated carbocycles. The third-order valence-electron chi connectivity index (χ3n) is 4.84. The SMILES string of the molecule is CC(C)N1Cc2cc(OCc3c(-c4ccc(F)cc4)nnn3C)ncc2C1=O. The van der Waals surface area contributed by atoms with Crippen LogP contribution in [0.5, 0.6) is 5.88 Å². The van der Waals surface area contributed by atoms with E-state index in [4.69, 9.17) is 4.74 Å². The Balaban J connectivity index is 1.54. The van der Waals surface area contributed by atoms with Crippen molar-refractivity contribution in [3.05, 3.63) is 59.2 Å². The van der Waals surface area contributed by atoms with Crippen LogP contribution in [0.2, 0.25) is 0 Å².